The van der Waals surface area contributed by atoms with Gasteiger partial charge in [0.2, 0.25) is 0 Å². The van der Waals surface area contributed by atoms with Crippen LogP contribution in [0.3, 0.4) is 0 Å². The van der Waals surface area contributed by atoms with Crippen LogP contribution in [0.1, 0.15) is 18.3 Å². The molecule has 0 unspecified atom stereocenters. The van der Waals surface area contributed by atoms with E-state index in [1.54, 1.807) is 23.9 Å². The summed E-state index contributed by atoms with van der Waals surface area (Å²) in [7, 11) is 1.79. The molecular weight excluding hydrogens is 200 g/mol. The molecule has 0 atom stereocenters. The fourth-order valence-corrected chi connectivity index (χ4v) is 1.51. The van der Waals surface area contributed by atoms with Gasteiger partial charge in [-0.15, -0.1) is 0 Å². The number of ketones is 1. The SMILES string of the molecule is C/C=C/C(=O)Cc1c(Cl)c(C)nn1C. The first-order valence-electron chi connectivity index (χ1n) is 4.39. The van der Waals surface area contributed by atoms with Crippen molar-refractivity contribution < 1.29 is 4.79 Å². The fraction of sp³-hybridized carbons (Fsp3) is 0.400. The van der Waals surface area contributed by atoms with Crippen LogP contribution in [0.5, 0.6) is 0 Å². The number of carbonyl (C=O) groups is 1. The topological polar surface area (TPSA) is 34.9 Å². The van der Waals surface area contributed by atoms with Gasteiger partial charge in [-0.1, -0.05) is 17.7 Å². The third-order valence-corrected chi connectivity index (χ3v) is 2.45. The molecule has 0 saturated carbocycles. The molecule has 3 nitrogen and oxygen atoms in total. The van der Waals surface area contributed by atoms with Gasteiger partial charge in [0.25, 0.3) is 0 Å². The molecular formula is C10H13ClN2O. The molecule has 0 aromatic carbocycles. The normalized spacial score (nSPS) is 11.1. The molecule has 0 saturated heterocycles. The van der Waals surface area contributed by atoms with Crippen LogP contribution in [0.25, 0.3) is 0 Å². The number of carbonyl (C=O) groups excluding carboxylic acids is 1. The minimum absolute atomic E-state index is 0.0393. The van der Waals surface area contributed by atoms with Crippen LogP contribution in [0.15, 0.2) is 12.2 Å². The quantitative estimate of drug-likeness (QED) is 0.719. The summed E-state index contributed by atoms with van der Waals surface area (Å²) in [5, 5.41) is 4.72. The van der Waals surface area contributed by atoms with E-state index in [2.05, 4.69) is 5.10 Å². The standard InChI is InChI=1S/C10H13ClN2O/c1-4-5-8(14)6-9-10(11)7(2)12-13(9)3/h4-5H,6H2,1-3H3/b5-4+. The van der Waals surface area contributed by atoms with Crippen molar-refractivity contribution >= 4 is 17.4 Å². The van der Waals surface area contributed by atoms with Gasteiger partial charge in [0.15, 0.2) is 5.78 Å². The summed E-state index contributed by atoms with van der Waals surface area (Å²) < 4.78 is 1.65. The van der Waals surface area contributed by atoms with Crippen molar-refractivity contribution in [2.24, 2.45) is 7.05 Å². The molecule has 0 amide bonds. The third-order valence-electron chi connectivity index (χ3n) is 1.96. The van der Waals surface area contributed by atoms with Crippen molar-refractivity contribution in [3.8, 4) is 0 Å². The van der Waals surface area contributed by atoms with E-state index in [1.165, 1.54) is 0 Å². The van der Waals surface area contributed by atoms with Gasteiger partial charge in [0.1, 0.15) is 0 Å². The summed E-state index contributed by atoms with van der Waals surface area (Å²) in [4.78, 5) is 11.3. The monoisotopic (exact) mass is 212 g/mol. The van der Waals surface area contributed by atoms with Gasteiger partial charge in [0, 0.05) is 7.05 Å². The Morgan fingerprint density at radius 1 is 1.64 bits per heavy atom. The lowest BCUT2D eigenvalue weighted by Gasteiger charge is -1.98. The van der Waals surface area contributed by atoms with Crippen molar-refractivity contribution in [1.29, 1.82) is 0 Å². The number of allylic oxidation sites excluding steroid dienone is 2. The minimum atomic E-state index is 0.0393. The lowest BCUT2D eigenvalue weighted by Crippen LogP contribution is -2.05. The predicted octanol–water partition coefficient (Wildman–Crippen LogP) is 2.07. The Labute approximate surface area is 88.4 Å². The van der Waals surface area contributed by atoms with E-state index in [9.17, 15) is 4.79 Å². The molecule has 0 aliphatic carbocycles. The van der Waals surface area contributed by atoms with Gasteiger partial charge in [-0.3, -0.25) is 9.48 Å². The fourth-order valence-electron chi connectivity index (χ4n) is 1.28. The molecule has 0 radical (unpaired) electrons. The lowest BCUT2D eigenvalue weighted by molar-refractivity contribution is -0.114. The summed E-state index contributed by atoms with van der Waals surface area (Å²) in [5.41, 5.74) is 1.53. The van der Waals surface area contributed by atoms with Gasteiger partial charge in [-0.2, -0.15) is 5.10 Å². The highest BCUT2D eigenvalue weighted by molar-refractivity contribution is 6.32. The zero-order valence-corrected chi connectivity index (χ0v) is 9.30. The molecule has 0 aliphatic rings. The van der Waals surface area contributed by atoms with Gasteiger partial charge >= 0.3 is 0 Å². The van der Waals surface area contributed by atoms with E-state index >= 15 is 0 Å². The minimum Gasteiger partial charge on any atom is -0.294 e. The van der Waals surface area contributed by atoms with Crippen LogP contribution in [0.2, 0.25) is 5.02 Å². The summed E-state index contributed by atoms with van der Waals surface area (Å²) in [6, 6.07) is 0. The van der Waals surface area contributed by atoms with E-state index in [-0.39, 0.29) is 5.78 Å². The van der Waals surface area contributed by atoms with Crippen molar-refractivity contribution in [3.63, 3.8) is 0 Å². The molecule has 0 aliphatic heterocycles. The summed E-state index contributed by atoms with van der Waals surface area (Å²) in [5.74, 6) is 0.0393. The third kappa shape index (κ3) is 2.23. The number of aromatic nitrogens is 2. The van der Waals surface area contributed by atoms with Crippen molar-refractivity contribution in [2.45, 2.75) is 20.3 Å². The second-order valence-electron chi connectivity index (χ2n) is 3.11. The highest BCUT2D eigenvalue weighted by atomic mass is 35.5. The Hall–Kier alpha value is -1.09. The molecule has 0 fully saturated rings. The second kappa shape index (κ2) is 4.42. The molecule has 0 bridgehead atoms. The van der Waals surface area contributed by atoms with Gasteiger partial charge < -0.3 is 0 Å². The Morgan fingerprint density at radius 2 is 2.29 bits per heavy atom. The molecule has 4 heteroatoms. The first-order chi connectivity index (χ1) is 6.56. The average molecular weight is 213 g/mol. The number of hydrogen-bond acceptors (Lipinski definition) is 2. The predicted molar refractivity (Wildman–Crippen MR) is 56.5 cm³/mol. The number of nitrogens with zero attached hydrogens (tertiary/aromatic N) is 2. The molecule has 14 heavy (non-hydrogen) atoms. The Kier molecular flexibility index (Phi) is 3.47. The van der Waals surface area contributed by atoms with Crippen LogP contribution in [0.4, 0.5) is 0 Å². The van der Waals surface area contributed by atoms with Crippen molar-refractivity contribution in [1.82, 2.24) is 9.78 Å². The maximum absolute atomic E-state index is 11.3. The maximum atomic E-state index is 11.3. The van der Waals surface area contributed by atoms with Crippen LogP contribution < -0.4 is 0 Å². The van der Waals surface area contributed by atoms with Gasteiger partial charge in [-0.05, 0) is 19.9 Å². The zero-order valence-electron chi connectivity index (χ0n) is 8.54. The van der Waals surface area contributed by atoms with Gasteiger partial charge in [0.05, 0.1) is 22.8 Å². The number of rotatable bonds is 3. The Bertz CT molecular complexity index is 380. The lowest BCUT2D eigenvalue weighted by atomic mass is 10.2. The molecule has 1 rings (SSSR count). The first kappa shape index (κ1) is 11.0. The van der Waals surface area contributed by atoms with Gasteiger partial charge in [-0.25, -0.2) is 0 Å². The molecule has 76 valence electrons. The second-order valence-corrected chi connectivity index (χ2v) is 3.49. The van der Waals surface area contributed by atoms with Crippen molar-refractivity contribution in [3.05, 3.63) is 28.6 Å². The highest BCUT2D eigenvalue weighted by Crippen LogP contribution is 2.19. The summed E-state index contributed by atoms with van der Waals surface area (Å²) in [6.07, 6.45) is 3.57. The largest absolute Gasteiger partial charge is 0.294 e. The van der Waals surface area contributed by atoms with Crippen LogP contribution in [-0.2, 0) is 18.3 Å². The number of halogens is 1. The van der Waals surface area contributed by atoms with E-state index in [1.807, 2.05) is 13.8 Å². The Morgan fingerprint density at radius 3 is 2.71 bits per heavy atom. The maximum Gasteiger partial charge on any atom is 0.161 e. The average Bonchev–Trinajstić information content (AvgIpc) is 2.33. The molecule has 0 N–H and O–H groups in total. The van der Waals surface area contributed by atoms with E-state index < -0.39 is 0 Å². The van der Waals surface area contributed by atoms with E-state index in [4.69, 9.17) is 11.6 Å². The summed E-state index contributed by atoms with van der Waals surface area (Å²) >= 11 is 6.00. The van der Waals surface area contributed by atoms with Crippen LogP contribution in [0, 0.1) is 6.92 Å². The molecule has 1 heterocycles. The molecule has 1 aromatic rings. The highest BCUT2D eigenvalue weighted by Gasteiger charge is 2.12. The first-order valence-corrected chi connectivity index (χ1v) is 4.77. The van der Waals surface area contributed by atoms with Crippen molar-refractivity contribution in [2.75, 3.05) is 0 Å². The van der Waals surface area contributed by atoms with Crippen LogP contribution in [-0.4, -0.2) is 15.6 Å². The van der Waals surface area contributed by atoms with E-state index in [0.717, 1.165) is 11.4 Å². The number of hydrogen-bond donors (Lipinski definition) is 0. The van der Waals surface area contributed by atoms with Crippen LogP contribution >= 0.6 is 11.6 Å². The smallest absolute Gasteiger partial charge is 0.161 e. The van der Waals surface area contributed by atoms with E-state index in [0.29, 0.717) is 11.4 Å². The molecule has 0 spiro atoms. The zero-order chi connectivity index (χ0) is 10.7. The summed E-state index contributed by atoms with van der Waals surface area (Å²) in [6.45, 7) is 3.64. The molecule has 1 aromatic heterocycles. The Balaban J connectivity index is 2.91. The number of aryl methyl sites for hydroxylation is 2.